The number of anilines is 3. The molecule has 5 heteroatoms. The highest BCUT2D eigenvalue weighted by atomic mass is 16.2. The number of benzene rings is 2. The van der Waals surface area contributed by atoms with E-state index in [1.807, 2.05) is 59.3 Å². The molecular formula is C23H24N4O. The minimum absolute atomic E-state index is 0.0674. The number of aromatic nitrogens is 1. The van der Waals surface area contributed by atoms with E-state index in [1.165, 1.54) is 5.69 Å². The van der Waals surface area contributed by atoms with Gasteiger partial charge in [0.25, 0.3) is 5.91 Å². The topological polar surface area (TPSA) is 39.7 Å². The van der Waals surface area contributed by atoms with Crippen LogP contribution in [0.3, 0.4) is 0 Å². The van der Waals surface area contributed by atoms with Gasteiger partial charge in [0, 0.05) is 56.4 Å². The van der Waals surface area contributed by atoms with Crippen LogP contribution in [0.2, 0.25) is 0 Å². The third kappa shape index (κ3) is 3.83. The molecule has 4 rings (SSSR count). The first-order valence-electron chi connectivity index (χ1n) is 9.56. The molecule has 28 heavy (non-hydrogen) atoms. The van der Waals surface area contributed by atoms with Crippen LogP contribution in [-0.2, 0) is 0 Å². The molecule has 0 radical (unpaired) electrons. The fraction of sp³-hybridized carbons (Fsp3) is 0.217. The summed E-state index contributed by atoms with van der Waals surface area (Å²) in [7, 11) is 1.96. The van der Waals surface area contributed by atoms with Gasteiger partial charge in [0.05, 0.1) is 0 Å². The molecule has 1 aliphatic rings. The number of para-hydroxylation sites is 2. The molecule has 0 bridgehead atoms. The second-order valence-electron chi connectivity index (χ2n) is 6.91. The molecule has 1 fully saturated rings. The highest BCUT2D eigenvalue weighted by molar-refractivity contribution is 5.95. The van der Waals surface area contributed by atoms with Crippen LogP contribution in [-0.4, -0.2) is 49.0 Å². The quantitative estimate of drug-likeness (QED) is 0.698. The zero-order chi connectivity index (χ0) is 19.3. The van der Waals surface area contributed by atoms with Gasteiger partial charge in [-0.2, -0.15) is 0 Å². The molecule has 0 atom stereocenters. The maximum Gasteiger partial charge on any atom is 0.254 e. The molecule has 2 aromatic carbocycles. The van der Waals surface area contributed by atoms with E-state index >= 15 is 0 Å². The molecule has 3 aromatic rings. The summed E-state index contributed by atoms with van der Waals surface area (Å²) in [4.78, 5) is 23.7. The number of carbonyl (C=O) groups excluding carboxylic acids is 1. The first-order valence-corrected chi connectivity index (χ1v) is 9.56. The van der Waals surface area contributed by atoms with Gasteiger partial charge >= 0.3 is 0 Å². The smallest absolute Gasteiger partial charge is 0.254 e. The van der Waals surface area contributed by atoms with Crippen molar-refractivity contribution in [3.05, 3.63) is 84.6 Å². The molecule has 1 aliphatic heterocycles. The predicted octanol–water partition coefficient (Wildman–Crippen LogP) is 3.81. The fourth-order valence-electron chi connectivity index (χ4n) is 3.51. The van der Waals surface area contributed by atoms with E-state index in [2.05, 4.69) is 34.1 Å². The van der Waals surface area contributed by atoms with E-state index in [4.69, 9.17) is 0 Å². The van der Waals surface area contributed by atoms with Gasteiger partial charge in [-0.25, -0.2) is 4.98 Å². The first-order chi connectivity index (χ1) is 13.7. The molecular weight excluding hydrogens is 348 g/mol. The summed E-state index contributed by atoms with van der Waals surface area (Å²) in [5.74, 6) is 0.831. The highest BCUT2D eigenvalue weighted by Gasteiger charge is 2.23. The summed E-state index contributed by atoms with van der Waals surface area (Å²) >= 11 is 0. The number of nitrogens with zero attached hydrogens (tertiary/aromatic N) is 4. The summed E-state index contributed by atoms with van der Waals surface area (Å²) in [6, 6.07) is 24.1. The lowest BCUT2D eigenvalue weighted by molar-refractivity contribution is 0.0746. The normalized spacial score (nSPS) is 14.0. The van der Waals surface area contributed by atoms with Gasteiger partial charge < -0.3 is 14.7 Å². The number of pyridine rings is 1. The summed E-state index contributed by atoms with van der Waals surface area (Å²) in [6.07, 6.45) is 1.71. The molecule has 0 spiro atoms. The average molecular weight is 372 g/mol. The van der Waals surface area contributed by atoms with Crippen molar-refractivity contribution in [3.8, 4) is 0 Å². The van der Waals surface area contributed by atoms with Gasteiger partial charge in [0.1, 0.15) is 5.82 Å². The number of rotatable bonds is 4. The van der Waals surface area contributed by atoms with Crippen molar-refractivity contribution in [1.82, 2.24) is 9.88 Å². The van der Waals surface area contributed by atoms with Crippen LogP contribution < -0.4 is 9.80 Å². The van der Waals surface area contributed by atoms with Gasteiger partial charge in [-0.05, 0) is 36.4 Å². The summed E-state index contributed by atoms with van der Waals surface area (Å²) in [6.45, 7) is 3.13. The van der Waals surface area contributed by atoms with Crippen molar-refractivity contribution in [2.75, 3.05) is 43.0 Å². The van der Waals surface area contributed by atoms with E-state index in [0.717, 1.165) is 37.7 Å². The van der Waals surface area contributed by atoms with Crippen LogP contribution in [0.1, 0.15) is 10.4 Å². The second-order valence-corrected chi connectivity index (χ2v) is 6.91. The predicted molar refractivity (Wildman–Crippen MR) is 113 cm³/mol. The Kier molecular flexibility index (Phi) is 5.24. The third-order valence-electron chi connectivity index (χ3n) is 5.17. The molecule has 5 nitrogen and oxygen atoms in total. The number of amides is 1. The van der Waals surface area contributed by atoms with E-state index < -0.39 is 0 Å². The van der Waals surface area contributed by atoms with Crippen molar-refractivity contribution in [2.45, 2.75) is 0 Å². The second kappa shape index (κ2) is 8.13. The van der Waals surface area contributed by atoms with Gasteiger partial charge in [0.15, 0.2) is 0 Å². The number of piperazine rings is 1. The van der Waals surface area contributed by atoms with Crippen molar-refractivity contribution in [3.63, 3.8) is 0 Å². The number of hydrogen-bond acceptors (Lipinski definition) is 4. The Labute approximate surface area is 165 Å². The fourth-order valence-corrected chi connectivity index (χ4v) is 3.51. The molecule has 142 valence electrons. The standard InChI is InChI=1S/C23H24N4O/c1-25(20-8-4-2-5-9-20)22-18-19(12-13-24-22)23(28)27-16-14-26(15-17-27)21-10-6-3-7-11-21/h2-13,18H,14-17H2,1H3. The largest absolute Gasteiger partial charge is 0.368 e. The molecule has 2 heterocycles. The molecule has 0 N–H and O–H groups in total. The Morgan fingerprint density at radius 1 is 0.893 bits per heavy atom. The van der Waals surface area contributed by atoms with Crippen LogP contribution in [0.15, 0.2) is 79.0 Å². The Bertz CT molecular complexity index is 922. The van der Waals surface area contributed by atoms with E-state index in [0.29, 0.717) is 5.56 Å². The zero-order valence-corrected chi connectivity index (χ0v) is 16.0. The third-order valence-corrected chi connectivity index (χ3v) is 5.17. The monoisotopic (exact) mass is 372 g/mol. The van der Waals surface area contributed by atoms with E-state index in [9.17, 15) is 4.79 Å². The maximum atomic E-state index is 13.0. The van der Waals surface area contributed by atoms with Crippen molar-refractivity contribution >= 4 is 23.1 Å². The summed E-state index contributed by atoms with van der Waals surface area (Å²) < 4.78 is 0. The molecule has 1 amide bonds. The van der Waals surface area contributed by atoms with E-state index in [-0.39, 0.29) is 5.91 Å². The minimum atomic E-state index is 0.0674. The Hall–Kier alpha value is -3.34. The zero-order valence-electron chi connectivity index (χ0n) is 16.0. The number of carbonyl (C=O) groups is 1. The SMILES string of the molecule is CN(c1ccccc1)c1cc(C(=O)N2CCN(c3ccccc3)CC2)ccn1. The molecule has 0 aliphatic carbocycles. The lowest BCUT2D eigenvalue weighted by Crippen LogP contribution is -2.48. The van der Waals surface area contributed by atoms with E-state index in [1.54, 1.807) is 12.3 Å². The molecule has 0 saturated carbocycles. The Morgan fingerprint density at radius 2 is 1.54 bits per heavy atom. The van der Waals surface area contributed by atoms with Gasteiger partial charge in [-0.1, -0.05) is 36.4 Å². The van der Waals surface area contributed by atoms with Gasteiger partial charge in [-0.3, -0.25) is 4.79 Å². The van der Waals surface area contributed by atoms with Crippen molar-refractivity contribution in [1.29, 1.82) is 0 Å². The lowest BCUT2D eigenvalue weighted by Gasteiger charge is -2.36. The highest BCUT2D eigenvalue weighted by Crippen LogP contribution is 2.23. The van der Waals surface area contributed by atoms with Crippen LogP contribution >= 0.6 is 0 Å². The molecule has 1 aromatic heterocycles. The minimum Gasteiger partial charge on any atom is -0.368 e. The maximum absolute atomic E-state index is 13.0. The Morgan fingerprint density at radius 3 is 2.21 bits per heavy atom. The summed E-state index contributed by atoms with van der Waals surface area (Å²) in [5, 5.41) is 0. The van der Waals surface area contributed by atoms with Crippen LogP contribution in [0.5, 0.6) is 0 Å². The Balaban J connectivity index is 1.44. The van der Waals surface area contributed by atoms with Gasteiger partial charge in [0.2, 0.25) is 0 Å². The van der Waals surface area contributed by atoms with Crippen molar-refractivity contribution < 1.29 is 4.79 Å². The first kappa shape index (κ1) is 18.0. The van der Waals surface area contributed by atoms with Crippen LogP contribution in [0, 0.1) is 0 Å². The molecule has 0 unspecified atom stereocenters. The number of hydrogen-bond donors (Lipinski definition) is 0. The molecule has 1 saturated heterocycles. The van der Waals surface area contributed by atoms with Crippen LogP contribution in [0.25, 0.3) is 0 Å². The lowest BCUT2D eigenvalue weighted by atomic mass is 10.2. The summed E-state index contributed by atoms with van der Waals surface area (Å²) in [5.41, 5.74) is 2.93. The average Bonchev–Trinajstić information content (AvgIpc) is 2.79. The van der Waals surface area contributed by atoms with Gasteiger partial charge in [-0.15, -0.1) is 0 Å². The van der Waals surface area contributed by atoms with Crippen molar-refractivity contribution in [2.24, 2.45) is 0 Å². The van der Waals surface area contributed by atoms with Crippen LogP contribution in [0.4, 0.5) is 17.2 Å².